The summed E-state index contributed by atoms with van der Waals surface area (Å²) < 4.78 is 0. The SMILES string of the molecule is CCCCCCC(C)NC(C)c1ccc(N(C)C)cc1. The molecule has 0 aliphatic heterocycles. The second kappa shape index (κ2) is 9.02. The van der Waals surface area contributed by atoms with Crippen molar-refractivity contribution in [2.45, 2.75) is 65.0 Å². The fourth-order valence-electron chi connectivity index (χ4n) is 2.54. The minimum atomic E-state index is 0.424. The van der Waals surface area contributed by atoms with Crippen LogP contribution in [0.2, 0.25) is 0 Å². The van der Waals surface area contributed by atoms with E-state index in [1.54, 1.807) is 0 Å². The van der Waals surface area contributed by atoms with Crippen molar-refractivity contribution in [1.82, 2.24) is 5.32 Å². The molecule has 2 unspecified atom stereocenters. The molecule has 0 aliphatic carbocycles. The third kappa shape index (κ3) is 5.96. The Balaban J connectivity index is 2.39. The Kier molecular flexibility index (Phi) is 7.68. The van der Waals surface area contributed by atoms with E-state index in [1.165, 1.54) is 43.4 Å². The van der Waals surface area contributed by atoms with Crippen molar-refractivity contribution in [3.8, 4) is 0 Å². The molecule has 2 atom stereocenters. The molecule has 0 bridgehead atoms. The molecule has 1 rings (SSSR count). The highest BCUT2D eigenvalue weighted by molar-refractivity contribution is 5.46. The molecule has 0 spiro atoms. The van der Waals surface area contributed by atoms with E-state index in [4.69, 9.17) is 0 Å². The van der Waals surface area contributed by atoms with Crippen molar-refractivity contribution in [1.29, 1.82) is 0 Å². The van der Waals surface area contributed by atoms with Gasteiger partial charge in [0.2, 0.25) is 0 Å². The Hall–Kier alpha value is -1.02. The number of unbranched alkanes of at least 4 members (excludes halogenated alkanes) is 3. The van der Waals surface area contributed by atoms with Crippen LogP contribution < -0.4 is 10.2 Å². The highest BCUT2D eigenvalue weighted by Gasteiger charge is 2.09. The molecule has 2 nitrogen and oxygen atoms in total. The summed E-state index contributed by atoms with van der Waals surface area (Å²) in [5, 5.41) is 3.71. The van der Waals surface area contributed by atoms with Crippen LogP contribution in [-0.4, -0.2) is 20.1 Å². The quantitative estimate of drug-likeness (QED) is 0.654. The van der Waals surface area contributed by atoms with Crippen LogP contribution in [0.5, 0.6) is 0 Å². The Morgan fingerprint density at radius 3 is 2.20 bits per heavy atom. The monoisotopic (exact) mass is 276 g/mol. The van der Waals surface area contributed by atoms with E-state index < -0.39 is 0 Å². The molecule has 20 heavy (non-hydrogen) atoms. The van der Waals surface area contributed by atoms with Crippen molar-refractivity contribution < 1.29 is 0 Å². The molecule has 0 amide bonds. The Bertz CT molecular complexity index is 356. The summed E-state index contributed by atoms with van der Waals surface area (Å²) >= 11 is 0. The average Bonchev–Trinajstić information content (AvgIpc) is 2.43. The molecule has 2 heteroatoms. The smallest absolute Gasteiger partial charge is 0.0361 e. The summed E-state index contributed by atoms with van der Waals surface area (Å²) in [4.78, 5) is 2.14. The van der Waals surface area contributed by atoms with E-state index in [0.29, 0.717) is 12.1 Å². The molecule has 0 fully saturated rings. The van der Waals surface area contributed by atoms with Gasteiger partial charge in [0.1, 0.15) is 0 Å². The van der Waals surface area contributed by atoms with Gasteiger partial charge < -0.3 is 10.2 Å². The van der Waals surface area contributed by atoms with Crippen molar-refractivity contribution in [3.05, 3.63) is 29.8 Å². The third-order valence-corrected chi connectivity index (χ3v) is 3.93. The van der Waals surface area contributed by atoms with Crippen molar-refractivity contribution in [2.24, 2.45) is 0 Å². The molecular weight excluding hydrogens is 244 g/mol. The predicted octanol–water partition coefficient (Wildman–Crippen LogP) is 4.76. The summed E-state index contributed by atoms with van der Waals surface area (Å²) in [5.41, 5.74) is 2.63. The van der Waals surface area contributed by atoms with Crippen molar-refractivity contribution in [2.75, 3.05) is 19.0 Å². The summed E-state index contributed by atoms with van der Waals surface area (Å²) in [6, 6.07) is 9.87. The number of anilines is 1. The molecule has 114 valence electrons. The van der Waals surface area contributed by atoms with E-state index in [9.17, 15) is 0 Å². The molecule has 0 radical (unpaired) electrons. The zero-order valence-electron chi connectivity index (χ0n) is 13.9. The summed E-state index contributed by atoms with van der Waals surface area (Å²) in [6.45, 7) is 6.82. The van der Waals surface area contributed by atoms with Gasteiger partial charge in [-0.1, -0.05) is 44.7 Å². The highest BCUT2D eigenvalue weighted by Crippen LogP contribution is 2.18. The number of rotatable bonds is 9. The summed E-state index contributed by atoms with van der Waals surface area (Å²) in [5.74, 6) is 0. The van der Waals surface area contributed by atoms with Gasteiger partial charge in [-0.25, -0.2) is 0 Å². The summed E-state index contributed by atoms with van der Waals surface area (Å²) in [7, 11) is 4.16. The number of hydrogen-bond acceptors (Lipinski definition) is 2. The first-order valence-electron chi connectivity index (χ1n) is 8.08. The van der Waals surface area contributed by atoms with E-state index >= 15 is 0 Å². The first-order valence-corrected chi connectivity index (χ1v) is 8.08. The minimum absolute atomic E-state index is 0.424. The van der Waals surface area contributed by atoms with Gasteiger partial charge in [-0.2, -0.15) is 0 Å². The number of nitrogens with zero attached hydrogens (tertiary/aromatic N) is 1. The first-order chi connectivity index (χ1) is 9.54. The van der Waals surface area contributed by atoms with Crippen LogP contribution in [0.1, 0.15) is 64.5 Å². The van der Waals surface area contributed by atoms with Crippen LogP contribution in [0.4, 0.5) is 5.69 Å². The maximum atomic E-state index is 3.71. The lowest BCUT2D eigenvalue weighted by atomic mass is 10.0. The maximum Gasteiger partial charge on any atom is 0.0361 e. The third-order valence-electron chi connectivity index (χ3n) is 3.93. The minimum Gasteiger partial charge on any atom is -0.378 e. The van der Waals surface area contributed by atoms with Gasteiger partial charge in [0.05, 0.1) is 0 Å². The molecule has 0 saturated carbocycles. The van der Waals surface area contributed by atoms with Crippen molar-refractivity contribution >= 4 is 5.69 Å². The molecule has 0 aliphatic rings. The van der Waals surface area contributed by atoms with Gasteiger partial charge in [-0.15, -0.1) is 0 Å². The van der Waals surface area contributed by atoms with Gasteiger partial charge in [-0.05, 0) is 38.0 Å². The maximum absolute atomic E-state index is 3.71. The fraction of sp³-hybridized carbons (Fsp3) is 0.667. The zero-order chi connectivity index (χ0) is 15.0. The fourth-order valence-corrected chi connectivity index (χ4v) is 2.54. The van der Waals surface area contributed by atoms with Gasteiger partial charge in [0, 0.05) is 31.9 Å². The van der Waals surface area contributed by atoms with Gasteiger partial charge in [0.25, 0.3) is 0 Å². The topological polar surface area (TPSA) is 15.3 Å². The van der Waals surface area contributed by atoms with E-state index in [0.717, 1.165) is 0 Å². The Morgan fingerprint density at radius 1 is 1.00 bits per heavy atom. The standard InChI is InChI=1S/C18H32N2/c1-6-7-8-9-10-15(2)19-16(3)17-11-13-18(14-12-17)20(4)5/h11-16,19H,6-10H2,1-5H3. The number of nitrogens with one attached hydrogen (secondary N) is 1. The lowest BCUT2D eigenvalue weighted by Gasteiger charge is -2.21. The van der Waals surface area contributed by atoms with Crippen LogP contribution in [0.15, 0.2) is 24.3 Å². The molecule has 1 aromatic carbocycles. The number of hydrogen-bond donors (Lipinski definition) is 1. The van der Waals surface area contributed by atoms with E-state index in [1.807, 2.05) is 0 Å². The molecule has 1 N–H and O–H groups in total. The van der Waals surface area contributed by atoms with Crippen LogP contribution in [0.25, 0.3) is 0 Å². The largest absolute Gasteiger partial charge is 0.378 e. The lowest BCUT2D eigenvalue weighted by Crippen LogP contribution is -2.28. The Labute approximate surface area is 125 Å². The van der Waals surface area contributed by atoms with Crippen molar-refractivity contribution in [3.63, 3.8) is 0 Å². The average molecular weight is 276 g/mol. The van der Waals surface area contributed by atoms with Crippen LogP contribution in [0.3, 0.4) is 0 Å². The van der Waals surface area contributed by atoms with E-state index in [2.05, 4.69) is 69.3 Å². The predicted molar refractivity (Wildman–Crippen MR) is 90.5 cm³/mol. The first kappa shape index (κ1) is 17.0. The highest BCUT2D eigenvalue weighted by atomic mass is 15.1. The molecule has 1 aromatic rings. The van der Waals surface area contributed by atoms with E-state index in [-0.39, 0.29) is 0 Å². The second-order valence-electron chi connectivity index (χ2n) is 6.12. The zero-order valence-corrected chi connectivity index (χ0v) is 13.9. The van der Waals surface area contributed by atoms with Crippen LogP contribution >= 0.6 is 0 Å². The molecule has 0 heterocycles. The number of benzene rings is 1. The summed E-state index contributed by atoms with van der Waals surface area (Å²) in [6.07, 6.45) is 6.67. The van der Waals surface area contributed by atoms with Gasteiger partial charge >= 0.3 is 0 Å². The van der Waals surface area contributed by atoms with Gasteiger partial charge in [-0.3, -0.25) is 0 Å². The molecular formula is C18H32N2. The van der Waals surface area contributed by atoms with Crippen LogP contribution in [0, 0.1) is 0 Å². The molecule has 0 saturated heterocycles. The normalized spacial score (nSPS) is 14.1. The molecule has 0 aromatic heterocycles. The second-order valence-corrected chi connectivity index (χ2v) is 6.12. The van der Waals surface area contributed by atoms with Gasteiger partial charge in [0.15, 0.2) is 0 Å². The van der Waals surface area contributed by atoms with Crippen LogP contribution in [-0.2, 0) is 0 Å². The Morgan fingerprint density at radius 2 is 1.65 bits per heavy atom. The lowest BCUT2D eigenvalue weighted by molar-refractivity contribution is 0.438.